The maximum atomic E-state index is 12.8. The number of hydrogen-bond acceptors (Lipinski definition) is 8. The van der Waals surface area contributed by atoms with E-state index in [1.54, 1.807) is 0 Å². The number of nitrogens with one attached hydrogen (secondary N) is 1. The number of unbranched alkanes of at least 4 members (excludes halogenated alkanes) is 1. The number of halogens is 3. The summed E-state index contributed by atoms with van der Waals surface area (Å²) >= 11 is 18.5. The van der Waals surface area contributed by atoms with Gasteiger partial charge in [-0.15, -0.1) is 0 Å². The van der Waals surface area contributed by atoms with Crippen molar-refractivity contribution >= 4 is 87.0 Å². The lowest BCUT2D eigenvalue weighted by Crippen LogP contribution is -2.36. The highest BCUT2D eigenvalue weighted by Gasteiger charge is 2.36. The Morgan fingerprint density at radius 1 is 1.14 bits per heavy atom. The van der Waals surface area contributed by atoms with Crippen LogP contribution in [0.5, 0.6) is 0 Å². The molecule has 0 radical (unpaired) electrons. The highest BCUT2D eigenvalue weighted by molar-refractivity contribution is 8.18. The second-order valence-electron chi connectivity index (χ2n) is 7.58. The van der Waals surface area contributed by atoms with E-state index in [0.29, 0.717) is 23.1 Å². The number of nitrogens with zero attached hydrogens (tertiary/aromatic N) is 2. The molecular weight excluding hydrogens is 569 g/mol. The summed E-state index contributed by atoms with van der Waals surface area (Å²) in [5.74, 6) is -2.14. The number of nitro groups is 1. The normalized spacial score (nSPS) is 14.3. The molecule has 1 aliphatic heterocycles. The number of carbonyl (C=O) groups excluding carboxylic acids is 4. The quantitative estimate of drug-likeness (QED) is 0.121. The number of anilines is 1. The zero-order valence-corrected chi connectivity index (χ0v) is 22.2. The first kappa shape index (κ1) is 28.5. The van der Waals surface area contributed by atoms with Gasteiger partial charge in [0, 0.05) is 22.3 Å². The Balaban J connectivity index is 1.72. The average molecular weight is 587 g/mol. The van der Waals surface area contributed by atoms with E-state index in [1.165, 1.54) is 24.3 Å². The number of hydrogen-bond donors (Lipinski definition) is 1. The van der Waals surface area contributed by atoms with Crippen LogP contribution in [0.1, 0.15) is 35.7 Å². The molecule has 1 fully saturated rings. The fourth-order valence-electron chi connectivity index (χ4n) is 3.07. The molecule has 14 heteroatoms. The molecule has 0 bridgehead atoms. The molecule has 0 spiro atoms. The summed E-state index contributed by atoms with van der Waals surface area (Å²) in [4.78, 5) is 61.1. The molecule has 37 heavy (non-hydrogen) atoms. The third-order valence-electron chi connectivity index (χ3n) is 4.93. The molecule has 1 aliphatic rings. The van der Waals surface area contributed by atoms with Crippen LogP contribution in [0.15, 0.2) is 35.2 Å². The topological polar surface area (TPSA) is 136 Å². The van der Waals surface area contributed by atoms with Gasteiger partial charge in [-0.3, -0.25) is 29.4 Å². The summed E-state index contributed by atoms with van der Waals surface area (Å²) in [6.45, 7) is 1.56. The van der Waals surface area contributed by atoms with Crippen molar-refractivity contribution in [3.05, 3.63) is 71.5 Å². The number of amides is 3. The van der Waals surface area contributed by atoms with Crippen molar-refractivity contribution in [3.8, 4) is 0 Å². The SMILES string of the molecule is CCCCOC(=O)c1cc(NC(=O)CN2C(=O)S/C(=C\c3cc([N+](=O)[O-])c(Cl)cc3Cl)C2=O)ccc1Cl. The van der Waals surface area contributed by atoms with Crippen molar-refractivity contribution in [2.45, 2.75) is 19.8 Å². The smallest absolute Gasteiger partial charge is 0.339 e. The molecule has 1 N–H and O–H groups in total. The molecule has 2 aromatic carbocycles. The summed E-state index contributed by atoms with van der Waals surface area (Å²) in [6, 6.07) is 6.43. The number of ether oxygens (including phenoxy) is 1. The number of nitro benzene ring substituents is 1. The van der Waals surface area contributed by atoms with Gasteiger partial charge in [0.25, 0.3) is 16.8 Å². The van der Waals surface area contributed by atoms with Gasteiger partial charge in [0.2, 0.25) is 5.91 Å². The third kappa shape index (κ3) is 7.01. The molecular formula is C23H18Cl3N3O7S. The minimum absolute atomic E-state index is 0.0342. The van der Waals surface area contributed by atoms with Crippen LogP contribution < -0.4 is 5.32 Å². The third-order valence-corrected chi connectivity index (χ3v) is 6.79. The molecule has 2 aromatic rings. The van der Waals surface area contributed by atoms with E-state index in [4.69, 9.17) is 39.5 Å². The standard InChI is InChI=1S/C23H18Cl3N3O7S/c1-2-3-6-36-22(32)14-9-13(4-5-15(14)24)27-20(30)11-28-21(31)19(37-23(28)33)8-12-7-18(29(34)35)17(26)10-16(12)25/h4-5,7-10H,2-3,6,11H2,1H3,(H,27,30)/b19-8-. The molecule has 0 aliphatic carbocycles. The minimum Gasteiger partial charge on any atom is -0.462 e. The van der Waals surface area contributed by atoms with Crippen molar-refractivity contribution in [1.29, 1.82) is 0 Å². The first-order chi connectivity index (χ1) is 17.5. The molecule has 0 saturated carbocycles. The fraction of sp³-hybridized carbons (Fsp3) is 0.217. The number of benzene rings is 2. The van der Waals surface area contributed by atoms with E-state index >= 15 is 0 Å². The fourth-order valence-corrected chi connectivity index (χ4v) is 4.60. The largest absolute Gasteiger partial charge is 0.462 e. The molecule has 194 valence electrons. The van der Waals surface area contributed by atoms with E-state index in [2.05, 4.69) is 5.32 Å². The van der Waals surface area contributed by atoms with Crippen LogP contribution in [0.3, 0.4) is 0 Å². The molecule has 0 unspecified atom stereocenters. The van der Waals surface area contributed by atoms with Crippen LogP contribution in [0, 0.1) is 10.1 Å². The zero-order chi connectivity index (χ0) is 27.3. The van der Waals surface area contributed by atoms with Crippen LogP contribution in [-0.2, 0) is 14.3 Å². The van der Waals surface area contributed by atoms with Crippen LogP contribution >= 0.6 is 46.6 Å². The molecule has 1 saturated heterocycles. The van der Waals surface area contributed by atoms with E-state index in [0.717, 1.165) is 18.6 Å². The van der Waals surface area contributed by atoms with Crippen LogP contribution in [0.25, 0.3) is 6.08 Å². The van der Waals surface area contributed by atoms with E-state index < -0.39 is 40.2 Å². The van der Waals surface area contributed by atoms with Crippen LogP contribution in [-0.4, -0.2) is 46.0 Å². The van der Waals surface area contributed by atoms with Gasteiger partial charge >= 0.3 is 5.97 Å². The Bertz CT molecular complexity index is 1330. The van der Waals surface area contributed by atoms with E-state index in [9.17, 15) is 29.3 Å². The molecule has 0 atom stereocenters. The maximum absolute atomic E-state index is 12.8. The van der Waals surface area contributed by atoms with Gasteiger partial charge in [0.05, 0.1) is 27.0 Å². The van der Waals surface area contributed by atoms with Gasteiger partial charge in [0.15, 0.2) is 0 Å². The van der Waals surface area contributed by atoms with Crippen molar-refractivity contribution < 1.29 is 28.8 Å². The average Bonchev–Trinajstić information content (AvgIpc) is 3.09. The summed E-state index contributed by atoms with van der Waals surface area (Å²) < 4.78 is 5.14. The Morgan fingerprint density at radius 2 is 1.86 bits per heavy atom. The lowest BCUT2D eigenvalue weighted by Gasteiger charge is -2.13. The van der Waals surface area contributed by atoms with E-state index in [-0.39, 0.29) is 43.4 Å². The van der Waals surface area contributed by atoms with Crippen LogP contribution in [0.4, 0.5) is 16.2 Å². The second-order valence-corrected chi connectivity index (χ2v) is 9.80. The van der Waals surface area contributed by atoms with Crippen molar-refractivity contribution in [1.82, 2.24) is 4.90 Å². The summed E-state index contributed by atoms with van der Waals surface area (Å²) in [5.41, 5.74) is -0.0574. The number of imide groups is 1. The van der Waals surface area contributed by atoms with Gasteiger partial charge in [0.1, 0.15) is 11.6 Å². The Hall–Kier alpha value is -3.12. The van der Waals surface area contributed by atoms with Gasteiger partial charge in [-0.25, -0.2) is 4.79 Å². The van der Waals surface area contributed by atoms with Gasteiger partial charge in [-0.2, -0.15) is 0 Å². The minimum atomic E-state index is -0.782. The first-order valence-corrected chi connectivity index (χ1v) is 12.6. The highest BCUT2D eigenvalue weighted by Crippen LogP contribution is 2.36. The predicted molar refractivity (Wildman–Crippen MR) is 141 cm³/mol. The zero-order valence-electron chi connectivity index (χ0n) is 19.1. The lowest BCUT2D eigenvalue weighted by molar-refractivity contribution is -0.384. The van der Waals surface area contributed by atoms with E-state index in [1.807, 2.05) is 6.92 Å². The maximum Gasteiger partial charge on any atom is 0.339 e. The van der Waals surface area contributed by atoms with Crippen molar-refractivity contribution in [3.63, 3.8) is 0 Å². The predicted octanol–water partition coefficient (Wildman–Crippen LogP) is 6.19. The molecule has 0 aromatic heterocycles. The monoisotopic (exact) mass is 585 g/mol. The van der Waals surface area contributed by atoms with Crippen LogP contribution in [0.2, 0.25) is 15.1 Å². The van der Waals surface area contributed by atoms with Gasteiger partial charge < -0.3 is 10.1 Å². The molecule has 1 heterocycles. The lowest BCUT2D eigenvalue weighted by atomic mass is 10.2. The van der Waals surface area contributed by atoms with Crippen molar-refractivity contribution in [2.75, 3.05) is 18.5 Å². The molecule has 10 nitrogen and oxygen atoms in total. The Labute approximate surface area is 230 Å². The second kappa shape index (κ2) is 12.4. The highest BCUT2D eigenvalue weighted by atomic mass is 35.5. The van der Waals surface area contributed by atoms with Gasteiger partial charge in [-0.05, 0) is 48.5 Å². The molecule has 3 amide bonds. The Morgan fingerprint density at radius 3 is 2.54 bits per heavy atom. The van der Waals surface area contributed by atoms with Gasteiger partial charge in [-0.1, -0.05) is 48.1 Å². The summed E-state index contributed by atoms with van der Waals surface area (Å²) in [7, 11) is 0. The number of rotatable bonds is 9. The first-order valence-electron chi connectivity index (χ1n) is 10.7. The van der Waals surface area contributed by atoms with Crippen molar-refractivity contribution in [2.24, 2.45) is 0 Å². The number of thioether (sulfide) groups is 1. The summed E-state index contributed by atoms with van der Waals surface area (Å²) in [6.07, 6.45) is 2.74. The Kier molecular flexibility index (Phi) is 9.55. The summed E-state index contributed by atoms with van der Waals surface area (Å²) in [5, 5.41) is 12.9. The number of esters is 1. The number of carbonyl (C=O) groups is 4. The molecule has 3 rings (SSSR count).